The second-order valence-corrected chi connectivity index (χ2v) is 5.97. The van der Waals surface area contributed by atoms with E-state index in [2.05, 4.69) is 5.32 Å². The molecular formula is C17H20N2O3. The van der Waals surface area contributed by atoms with Gasteiger partial charge >= 0.3 is 0 Å². The van der Waals surface area contributed by atoms with Crippen molar-refractivity contribution in [2.24, 2.45) is 5.92 Å². The number of benzene rings is 1. The average molecular weight is 300 g/mol. The van der Waals surface area contributed by atoms with Gasteiger partial charge in [-0.15, -0.1) is 0 Å². The van der Waals surface area contributed by atoms with Crippen molar-refractivity contribution in [3.05, 3.63) is 41.0 Å². The number of hydrogen-bond acceptors (Lipinski definition) is 4. The maximum absolute atomic E-state index is 12.6. The summed E-state index contributed by atoms with van der Waals surface area (Å²) in [6.07, 6.45) is 7.26. The monoisotopic (exact) mass is 300 g/mol. The van der Waals surface area contributed by atoms with Crippen LogP contribution in [0.5, 0.6) is 0 Å². The first kappa shape index (κ1) is 14.9. The van der Waals surface area contributed by atoms with Crippen LogP contribution < -0.4 is 10.8 Å². The summed E-state index contributed by atoms with van der Waals surface area (Å²) < 4.78 is 0. The van der Waals surface area contributed by atoms with Crippen LogP contribution in [-0.2, 0) is 16.1 Å². The molecular weight excluding hydrogens is 280 g/mol. The first-order valence-electron chi connectivity index (χ1n) is 7.71. The Morgan fingerprint density at radius 1 is 1.27 bits per heavy atom. The Morgan fingerprint density at radius 2 is 2.05 bits per heavy atom. The molecule has 1 aromatic rings. The van der Waals surface area contributed by atoms with Crippen LogP contribution in [0.2, 0.25) is 0 Å². The molecule has 5 nitrogen and oxygen atoms in total. The number of nitrogens with one attached hydrogen (secondary N) is 2. The topological polar surface area (TPSA) is 78.4 Å². The van der Waals surface area contributed by atoms with E-state index >= 15 is 0 Å². The van der Waals surface area contributed by atoms with E-state index in [1.165, 1.54) is 6.08 Å². The minimum Gasteiger partial charge on any atom is -0.300 e. The largest absolute Gasteiger partial charge is 0.300 e. The van der Waals surface area contributed by atoms with Crippen LogP contribution in [0, 0.1) is 5.92 Å². The second kappa shape index (κ2) is 6.42. The summed E-state index contributed by atoms with van der Waals surface area (Å²) in [6, 6.07) is 5.65. The number of carbonyl (C=O) groups excluding carboxylic acids is 2. The van der Waals surface area contributed by atoms with Crippen molar-refractivity contribution in [3.8, 4) is 0 Å². The number of rotatable bonds is 4. The molecule has 116 valence electrons. The molecule has 22 heavy (non-hydrogen) atoms. The minimum absolute atomic E-state index is 0.183. The van der Waals surface area contributed by atoms with Crippen molar-refractivity contribution >= 4 is 17.8 Å². The molecule has 0 radical (unpaired) electrons. The number of Topliss-reactive ketones (excluding diaryl/α,β-unsaturated/α-hetero) is 1. The first-order chi connectivity index (χ1) is 10.7. The molecule has 1 saturated carbocycles. The molecule has 1 atom stereocenters. The lowest BCUT2D eigenvalue weighted by Crippen LogP contribution is -2.27. The highest BCUT2D eigenvalue weighted by Gasteiger charge is 2.33. The van der Waals surface area contributed by atoms with Gasteiger partial charge in [0.05, 0.1) is 6.04 Å². The standard InChI is InChI=1S/C17H20N2O3/c20-15(19-22)8-6-11-5-7-14-13(9-11)10-18-16(14)17(21)12-3-1-2-4-12/h5-9,12,16,18,22H,1-4,10H2,(H,19,20). The van der Waals surface area contributed by atoms with E-state index in [9.17, 15) is 9.59 Å². The molecule has 1 aliphatic heterocycles. The molecule has 5 heteroatoms. The predicted octanol–water partition coefficient (Wildman–Crippen LogP) is 2.11. The van der Waals surface area contributed by atoms with Crippen molar-refractivity contribution in [1.82, 2.24) is 10.8 Å². The normalized spacial score (nSPS) is 21.2. The van der Waals surface area contributed by atoms with Crippen LogP contribution in [0.15, 0.2) is 24.3 Å². The van der Waals surface area contributed by atoms with E-state index in [-0.39, 0.29) is 12.0 Å². The molecule has 1 aromatic carbocycles. The van der Waals surface area contributed by atoms with Crippen molar-refractivity contribution in [3.63, 3.8) is 0 Å². The third kappa shape index (κ3) is 2.96. The Labute approximate surface area is 129 Å². The lowest BCUT2D eigenvalue weighted by Gasteiger charge is -2.15. The molecule has 0 spiro atoms. The van der Waals surface area contributed by atoms with E-state index < -0.39 is 5.91 Å². The molecule has 1 fully saturated rings. The molecule has 0 aromatic heterocycles. The summed E-state index contributed by atoms with van der Waals surface area (Å²) in [6.45, 7) is 0.673. The lowest BCUT2D eigenvalue weighted by molar-refractivity contribution is -0.125. The van der Waals surface area contributed by atoms with Gasteiger partial charge in [0.1, 0.15) is 0 Å². The fraction of sp³-hybridized carbons (Fsp3) is 0.412. The van der Waals surface area contributed by atoms with E-state index in [1.54, 1.807) is 11.6 Å². The summed E-state index contributed by atoms with van der Waals surface area (Å²) >= 11 is 0. The zero-order valence-corrected chi connectivity index (χ0v) is 12.3. The van der Waals surface area contributed by atoms with Gasteiger partial charge in [0.2, 0.25) is 0 Å². The SMILES string of the molecule is O=C(C=Cc1ccc2c(c1)CNC2C(=O)C1CCCC1)NO. The number of hydrogen-bond donors (Lipinski definition) is 3. The number of carbonyl (C=O) groups is 2. The Morgan fingerprint density at radius 3 is 2.77 bits per heavy atom. The third-order valence-corrected chi connectivity index (χ3v) is 4.55. The molecule has 1 unspecified atom stereocenters. The Kier molecular flexibility index (Phi) is 4.36. The summed E-state index contributed by atoms with van der Waals surface area (Å²) in [7, 11) is 0. The Bertz CT molecular complexity index is 618. The van der Waals surface area contributed by atoms with Gasteiger partial charge in [-0.05, 0) is 35.6 Å². The van der Waals surface area contributed by atoms with Crippen molar-refractivity contribution in [1.29, 1.82) is 0 Å². The van der Waals surface area contributed by atoms with Crippen LogP contribution >= 0.6 is 0 Å². The van der Waals surface area contributed by atoms with Gasteiger partial charge in [-0.25, -0.2) is 5.48 Å². The van der Waals surface area contributed by atoms with Crippen molar-refractivity contribution in [2.45, 2.75) is 38.3 Å². The number of amides is 1. The molecule has 2 aliphatic rings. The predicted molar refractivity (Wildman–Crippen MR) is 82.0 cm³/mol. The summed E-state index contributed by atoms with van der Waals surface area (Å²) in [5.41, 5.74) is 4.59. The van der Waals surface area contributed by atoms with Crippen molar-refractivity contribution in [2.75, 3.05) is 0 Å². The zero-order chi connectivity index (χ0) is 15.5. The smallest absolute Gasteiger partial charge is 0.267 e. The highest BCUT2D eigenvalue weighted by Crippen LogP contribution is 2.34. The van der Waals surface area contributed by atoms with Gasteiger partial charge < -0.3 is 0 Å². The zero-order valence-electron chi connectivity index (χ0n) is 12.3. The van der Waals surface area contributed by atoms with Crippen LogP contribution in [0.4, 0.5) is 0 Å². The van der Waals surface area contributed by atoms with E-state index in [0.29, 0.717) is 12.3 Å². The molecule has 0 saturated heterocycles. The fourth-order valence-corrected chi connectivity index (χ4v) is 3.40. The second-order valence-electron chi connectivity index (χ2n) is 5.97. The lowest BCUT2D eigenvalue weighted by atomic mass is 9.91. The van der Waals surface area contributed by atoms with Crippen LogP contribution in [0.3, 0.4) is 0 Å². The van der Waals surface area contributed by atoms with E-state index in [4.69, 9.17) is 5.21 Å². The maximum Gasteiger partial charge on any atom is 0.267 e. The number of hydroxylamine groups is 1. The molecule has 3 N–H and O–H groups in total. The Balaban J connectivity index is 1.76. The van der Waals surface area contributed by atoms with Gasteiger partial charge in [-0.1, -0.05) is 31.0 Å². The fourth-order valence-electron chi connectivity index (χ4n) is 3.40. The summed E-state index contributed by atoms with van der Waals surface area (Å²) in [5, 5.41) is 11.8. The quantitative estimate of drug-likeness (QED) is 0.452. The van der Waals surface area contributed by atoms with Crippen LogP contribution in [-0.4, -0.2) is 16.9 Å². The van der Waals surface area contributed by atoms with E-state index in [1.807, 2.05) is 18.2 Å². The van der Waals surface area contributed by atoms with Crippen molar-refractivity contribution < 1.29 is 14.8 Å². The first-order valence-corrected chi connectivity index (χ1v) is 7.71. The summed E-state index contributed by atoms with van der Waals surface area (Å²) in [5.74, 6) is -0.0385. The Hall–Kier alpha value is -1.98. The highest BCUT2D eigenvalue weighted by molar-refractivity contribution is 5.91. The van der Waals surface area contributed by atoms with E-state index in [0.717, 1.165) is 42.4 Å². The number of fused-ring (bicyclic) bond motifs is 1. The molecule has 1 aliphatic carbocycles. The average Bonchev–Trinajstić information content (AvgIpc) is 3.20. The molecule has 0 bridgehead atoms. The van der Waals surface area contributed by atoms with Crippen LogP contribution in [0.25, 0.3) is 6.08 Å². The van der Waals surface area contributed by atoms with Gasteiger partial charge in [0.15, 0.2) is 5.78 Å². The number of ketones is 1. The highest BCUT2D eigenvalue weighted by atomic mass is 16.5. The molecule has 1 amide bonds. The van der Waals surface area contributed by atoms with Gasteiger partial charge in [0, 0.05) is 18.5 Å². The molecule has 1 heterocycles. The van der Waals surface area contributed by atoms with Crippen LogP contribution in [0.1, 0.15) is 48.4 Å². The van der Waals surface area contributed by atoms with Gasteiger partial charge in [0.25, 0.3) is 5.91 Å². The van der Waals surface area contributed by atoms with Gasteiger partial charge in [-0.2, -0.15) is 0 Å². The third-order valence-electron chi connectivity index (χ3n) is 4.55. The molecule has 3 rings (SSSR count). The van der Waals surface area contributed by atoms with Gasteiger partial charge in [-0.3, -0.25) is 20.1 Å². The maximum atomic E-state index is 12.6. The minimum atomic E-state index is -0.562. The summed E-state index contributed by atoms with van der Waals surface area (Å²) in [4.78, 5) is 23.6.